The summed E-state index contributed by atoms with van der Waals surface area (Å²) in [6.45, 7) is 4.85. The van der Waals surface area contributed by atoms with Crippen molar-refractivity contribution in [2.24, 2.45) is 5.73 Å². The molecule has 0 aliphatic heterocycles. The number of nitrogens with two attached hydrogens (primary N) is 1. The summed E-state index contributed by atoms with van der Waals surface area (Å²) in [7, 11) is 1.53. The topological polar surface area (TPSA) is 67.6 Å². The predicted octanol–water partition coefficient (Wildman–Crippen LogP) is 0.993. The molecule has 1 unspecified atom stereocenters. The summed E-state index contributed by atoms with van der Waals surface area (Å²) in [5.74, 6) is -0.158. The van der Waals surface area contributed by atoms with Crippen LogP contribution in [0.1, 0.15) is 13.3 Å². The van der Waals surface area contributed by atoms with Crippen molar-refractivity contribution >= 4 is 11.6 Å². The Bertz CT molecular complexity index is 384. The molecular weight excluding hydrogens is 254 g/mol. The molecule has 0 bridgehead atoms. The van der Waals surface area contributed by atoms with E-state index in [0.717, 1.165) is 19.5 Å². The number of hydrogen-bond donors (Lipinski definition) is 2. The minimum absolute atomic E-state index is 0.158. The number of carbonyl (C=O) groups is 1. The van der Waals surface area contributed by atoms with Gasteiger partial charge in [0.05, 0.1) is 6.61 Å². The van der Waals surface area contributed by atoms with Crippen molar-refractivity contribution < 1.29 is 9.53 Å². The van der Waals surface area contributed by atoms with Crippen LogP contribution < -0.4 is 16.0 Å². The minimum atomic E-state index is -0.587. The van der Waals surface area contributed by atoms with E-state index < -0.39 is 6.04 Å². The summed E-state index contributed by atoms with van der Waals surface area (Å²) in [6.07, 6.45) is 0.883. The summed E-state index contributed by atoms with van der Waals surface area (Å²) < 4.78 is 4.85. The molecular formula is C15H25N3O2. The number of nitrogens with one attached hydrogen (secondary N) is 1. The number of carbonyl (C=O) groups excluding carboxylic acids is 1. The van der Waals surface area contributed by atoms with Crippen molar-refractivity contribution in [1.29, 1.82) is 0 Å². The molecule has 1 atom stereocenters. The van der Waals surface area contributed by atoms with Gasteiger partial charge >= 0.3 is 0 Å². The van der Waals surface area contributed by atoms with Gasteiger partial charge in [-0.3, -0.25) is 4.79 Å². The van der Waals surface area contributed by atoms with E-state index in [9.17, 15) is 4.79 Å². The van der Waals surface area contributed by atoms with Gasteiger partial charge in [0.1, 0.15) is 6.04 Å². The highest BCUT2D eigenvalue weighted by Crippen LogP contribution is 2.12. The second-order valence-electron chi connectivity index (χ2n) is 4.62. The van der Waals surface area contributed by atoms with Crippen LogP contribution in [0.5, 0.6) is 0 Å². The summed E-state index contributed by atoms with van der Waals surface area (Å²) in [6, 6.07) is 9.67. The Hall–Kier alpha value is -1.59. The lowest BCUT2D eigenvalue weighted by atomic mass is 10.2. The number of nitrogens with zero attached hydrogens (tertiary/aromatic N) is 1. The van der Waals surface area contributed by atoms with E-state index in [-0.39, 0.29) is 12.5 Å². The molecule has 5 heteroatoms. The van der Waals surface area contributed by atoms with Gasteiger partial charge in [0.2, 0.25) is 5.91 Å². The molecule has 1 rings (SSSR count). The maximum Gasteiger partial charge on any atom is 0.239 e. The molecule has 0 fully saturated rings. The zero-order valence-electron chi connectivity index (χ0n) is 12.3. The number of para-hydroxylation sites is 1. The monoisotopic (exact) mass is 279 g/mol. The van der Waals surface area contributed by atoms with Gasteiger partial charge in [-0.15, -0.1) is 0 Å². The van der Waals surface area contributed by atoms with E-state index in [2.05, 4.69) is 29.3 Å². The molecule has 1 amide bonds. The average molecular weight is 279 g/mol. The first-order valence-corrected chi connectivity index (χ1v) is 7.01. The largest absolute Gasteiger partial charge is 0.383 e. The van der Waals surface area contributed by atoms with Crippen molar-refractivity contribution in [3.05, 3.63) is 30.3 Å². The van der Waals surface area contributed by atoms with Crippen LogP contribution in [0, 0.1) is 0 Å². The van der Waals surface area contributed by atoms with Gasteiger partial charge in [0.25, 0.3) is 0 Å². The third-order valence-corrected chi connectivity index (χ3v) is 3.09. The Balaban J connectivity index is 2.27. The normalized spacial score (nSPS) is 11.9. The second-order valence-corrected chi connectivity index (χ2v) is 4.62. The van der Waals surface area contributed by atoms with Crippen LogP contribution in [-0.2, 0) is 9.53 Å². The van der Waals surface area contributed by atoms with E-state index in [0.29, 0.717) is 6.54 Å². The van der Waals surface area contributed by atoms with Crippen LogP contribution in [0.4, 0.5) is 5.69 Å². The molecule has 3 N–H and O–H groups in total. The van der Waals surface area contributed by atoms with E-state index in [4.69, 9.17) is 10.5 Å². The van der Waals surface area contributed by atoms with Gasteiger partial charge in [-0.1, -0.05) is 18.2 Å². The Morgan fingerprint density at radius 1 is 1.40 bits per heavy atom. The maximum absolute atomic E-state index is 11.6. The van der Waals surface area contributed by atoms with Gasteiger partial charge in [0, 0.05) is 32.4 Å². The standard InChI is InChI=1S/C15H25N3O2/c1-3-18(13-8-5-4-6-9-13)11-7-10-17-15(19)14(16)12-20-2/h4-6,8-9,14H,3,7,10-12,16H2,1-2H3,(H,17,19). The lowest BCUT2D eigenvalue weighted by Gasteiger charge is -2.23. The molecule has 0 spiro atoms. The van der Waals surface area contributed by atoms with E-state index in [1.54, 1.807) is 0 Å². The first-order chi connectivity index (χ1) is 9.69. The molecule has 0 heterocycles. The van der Waals surface area contributed by atoms with E-state index in [1.165, 1.54) is 12.8 Å². The third kappa shape index (κ3) is 5.59. The number of hydrogen-bond acceptors (Lipinski definition) is 4. The zero-order valence-corrected chi connectivity index (χ0v) is 12.3. The molecule has 5 nitrogen and oxygen atoms in total. The fourth-order valence-corrected chi connectivity index (χ4v) is 1.98. The van der Waals surface area contributed by atoms with Crippen LogP contribution in [0.2, 0.25) is 0 Å². The van der Waals surface area contributed by atoms with Gasteiger partial charge < -0.3 is 20.7 Å². The SMILES string of the molecule is CCN(CCCNC(=O)C(N)COC)c1ccccc1. The van der Waals surface area contributed by atoms with Crippen LogP contribution in [0.15, 0.2) is 30.3 Å². The molecule has 1 aromatic carbocycles. The molecule has 1 aromatic rings. The molecule has 0 saturated heterocycles. The molecule has 20 heavy (non-hydrogen) atoms. The second kappa shape index (κ2) is 9.34. The first-order valence-electron chi connectivity index (χ1n) is 7.01. The lowest BCUT2D eigenvalue weighted by Crippen LogP contribution is -2.44. The Labute approximate surface area is 121 Å². The number of amides is 1. The molecule has 0 aliphatic carbocycles. The van der Waals surface area contributed by atoms with Crippen molar-refractivity contribution in [2.45, 2.75) is 19.4 Å². The highest BCUT2D eigenvalue weighted by atomic mass is 16.5. The van der Waals surface area contributed by atoms with Crippen molar-refractivity contribution in [3.8, 4) is 0 Å². The summed E-state index contributed by atoms with van der Waals surface area (Å²) >= 11 is 0. The lowest BCUT2D eigenvalue weighted by molar-refractivity contribution is -0.123. The number of anilines is 1. The van der Waals surface area contributed by atoms with E-state index >= 15 is 0 Å². The smallest absolute Gasteiger partial charge is 0.239 e. The summed E-state index contributed by atoms with van der Waals surface area (Å²) in [5, 5.41) is 2.83. The fraction of sp³-hybridized carbons (Fsp3) is 0.533. The Morgan fingerprint density at radius 3 is 2.70 bits per heavy atom. The zero-order chi connectivity index (χ0) is 14.8. The summed E-state index contributed by atoms with van der Waals surface area (Å²) in [4.78, 5) is 13.9. The molecule has 0 radical (unpaired) electrons. The fourth-order valence-electron chi connectivity index (χ4n) is 1.98. The number of rotatable bonds is 9. The maximum atomic E-state index is 11.6. The molecule has 0 saturated carbocycles. The Kier molecular flexibility index (Phi) is 7.69. The summed E-state index contributed by atoms with van der Waals surface area (Å²) in [5.41, 5.74) is 6.85. The van der Waals surface area contributed by atoms with E-state index in [1.807, 2.05) is 18.2 Å². The van der Waals surface area contributed by atoms with Crippen molar-refractivity contribution in [2.75, 3.05) is 38.3 Å². The Morgan fingerprint density at radius 2 is 2.10 bits per heavy atom. The molecule has 0 aromatic heterocycles. The van der Waals surface area contributed by atoms with Gasteiger partial charge in [-0.2, -0.15) is 0 Å². The van der Waals surface area contributed by atoms with Crippen molar-refractivity contribution in [3.63, 3.8) is 0 Å². The number of ether oxygens (including phenoxy) is 1. The number of methoxy groups -OCH3 is 1. The first kappa shape index (κ1) is 16.5. The van der Waals surface area contributed by atoms with Gasteiger partial charge in [0.15, 0.2) is 0 Å². The van der Waals surface area contributed by atoms with Crippen LogP contribution >= 0.6 is 0 Å². The number of benzene rings is 1. The third-order valence-electron chi connectivity index (χ3n) is 3.09. The average Bonchev–Trinajstić information content (AvgIpc) is 2.48. The minimum Gasteiger partial charge on any atom is -0.383 e. The van der Waals surface area contributed by atoms with Crippen LogP contribution in [-0.4, -0.2) is 45.3 Å². The highest BCUT2D eigenvalue weighted by Gasteiger charge is 2.12. The van der Waals surface area contributed by atoms with Crippen LogP contribution in [0.25, 0.3) is 0 Å². The van der Waals surface area contributed by atoms with Crippen molar-refractivity contribution in [1.82, 2.24) is 5.32 Å². The molecule has 112 valence electrons. The quantitative estimate of drug-likeness (QED) is 0.662. The highest BCUT2D eigenvalue weighted by molar-refractivity contribution is 5.81. The van der Waals surface area contributed by atoms with Gasteiger partial charge in [-0.05, 0) is 25.5 Å². The van der Waals surface area contributed by atoms with Crippen LogP contribution in [0.3, 0.4) is 0 Å². The predicted molar refractivity (Wildman–Crippen MR) is 81.8 cm³/mol. The van der Waals surface area contributed by atoms with Gasteiger partial charge in [-0.25, -0.2) is 0 Å². The molecule has 0 aliphatic rings.